The van der Waals surface area contributed by atoms with Gasteiger partial charge in [-0.2, -0.15) is 21.6 Å². The molecule has 7 heteroatoms. The standard InChI is InChI=1S/C24H24F3NO2S/c1-17-11-13-19(14-12-17)22-15-20(18-7-3-2-4-8-18)16-28(31(29,30)24(25,26)27)23-10-6-5-9-21(22)23/h5-6,9-15H,2-4,7-8,16H2,1H3. The smallest absolute Gasteiger partial charge is 0.258 e. The maximum atomic E-state index is 13.6. The Hall–Kier alpha value is -2.54. The summed E-state index contributed by atoms with van der Waals surface area (Å²) in [6.45, 7) is 1.65. The summed E-state index contributed by atoms with van der Waals surface area (Å²) in [5.74, 6) is 0. The molecular formula is C24H24F3NO2S. The normalized spacial score (nSPS) is 17.8. The molecule has 0 radical (unpaired) electrons. The highest BCUT2D eigenvalue weighted by molar-refractivity contribution is 7.93. The van der Waals surface area contributed by atoms with Gasteiger partial charge in [0.25, 0.3) is 0 Å². The number of hydrogen-bond acceptors (Lipinski definition) is 2. The van der Waals surface area contributed by atoms with Crippen molar-refractivity contribution in [1.29, 1.82) is 0 Å². The van der Waals surface area contributed by atoms with Gasteiger partial charge in [-0.25, -0.2) is 0 Å². The fourth-order valence-electron chi connectivity index (χ4n) is 4.28. The van der Waals surface area contributed by atoms with E-state index in [-0.39, 0.29) is 12.2 Å². The van der Waals surface area contributed by atoms with Gasteiger partial charge in [0.1, 0.15) is 0 Å². The van der Waals surface area contributed by atoms with Crippen LogP contribution in [-0.2, 0) is 10.0 Å². The number of allylic oxidation sites excluding steroid dienone is 1. The highest BCUT2D eigenvalue weighted by Crippen LogP contribution is 2.42. The molecule has 3 nitrogen and oxygen atoms in total. The number of aryl methyl sites for hydroxylation is 1. The van der Waals surface area contributed by atoms with Gasteiger partial charge < -0.3 is 0 Å². The minimum Gasteiger partial charge on any atom is -0.258 e. The van der Waals surface area contributed by atoms with Gasteiger partial charge >= 0.3 is 15.5 Å². The minimum atomic E-state index is -5.55. The lowest BCUT2D eigenvalue weighted by Crippen LogP contribution is -2.42. The van der Waals surface area contributed by atoms with Gasteiger partial charge in [0.2, 0.25) is 0 Å². The van der Waals surface area contributed by atoms with Crippen molar-refractivity contribution in [2.75, 3.05) is 10.8 Å². The van der Waals surface area contributed by atoms with Crippen molar-refractivity contribution in [3.05, 3.63) is 82.4 Å². The van der Waals surface area contributed by atoms with Crippen molar-refractivity contribution < 1.29 is 21.6 Å². The van der Waals surface area contributed by atoms with E-state index in [2.05, 4.69) is 0 Å². The van der Waals surface area contributed by atoms with E-state index in [0.29, 0.717) is 15.4 Å². The first-order valence-electron chi connectivity index (χ1n) is 10.4. The highest BCUT2D eigenvalue weighted by Gasteiger charge is 2.51. The molecule has 4 rings (SSSR count). The number of rotatable bonds is 2. The van der Waals surface area contributed by atoms with Crippen LogP contribution in [0.15, 0.2) is 65.8 Å². The molecule has 0 N–H and O–H groups in total. The first-order chi connectivity index (χ1) is 14.7. The molecule has 0 spiro atoms. The predicted molar refractivity (Wildman–Crippen MR) is 117 cm³/mol. The van der Waals surface area contributed by atoms with Crippen LogP contribution in [0.25, 0.3) is 5.57 Å². The summed E-state index contributed by atoms with van der Waals surface area (Å²) in [6, 6.07) is 14.2. The average Bonchev–Trinajstić information content (AvgIpc) is 2.92. The first kappa shape index (κ1) is 21.7. The van der Waals surface area contributed by atoms with Crippen LogP contribution < -0.4 is 4.31 Å². The lowest BCUT2D eigenvalue weighted by Gasteiger charge is -2.27. The van der Waals surface area contributed by atoms with Gasteiger partial charge in [0, 0.05) is 5.56 Å². The van der Waals surface area contributed by atoms with Gasteiger partial charge in [0.15, 0.2) is 0 Å². The molecule has 1 heterocycles. The Labute approximate surface area is 180 Å². The van der Waals surface area contributed by atoms with Crippen molar-refractivity contribution in [3.8, 4) is 0 Å². The van der Waals surface area contributed by atoms with Crippen molar-refractivity contribution in [1.82, 2.24) is 0 Å². The molecule has 164 valence electrons. The fraction of sp³-hybridized carbons (Fsp3) is 0.333. The van der Waals surface area contributed by atoms with Gasteiger partial charge in [-0.1, -0.05) is 60.0 Å². The second-order valence-electron chi connectivity index (χ2n) is 8.09. The van der Waals surface area contributed by atoms with Crippen LogP contribution >= 0.6 is 0 Å². The number of anilines is 1. The van der Waals surface area contributed by atoms with Crippen molar-refractivity contribution in [2.24, 2.45) is 0 Å². The van der Waals surface area contributed by atoms with Gasteiger partial charge in [-0.3, -0.25) is 4.31 Å². The summed E-state index contributed by atoms with van der Waals surface area (Å²) >= 11 is 0. The SMILES string of the molecule is Cc1ccc(C2=CC(=C3CCCCC3)CN(S(=O)(=O)C(F)(F)F)c3ccccc32)cc1. The molecule has 1 fully saturated rings. The number of alkyl halides is 3. The molecule has 1 saturated carbocycles. The van der Waals surface area contributed by atoms with Crippen LogP contribution in [0.3, 0.4) is 0 Å². The van der Waals surface area contributed by atoms with E-state index in [4.69, 9.17) is 0 Å². The summed E-state index contributed by atoms with van der Waals surface area (Å²) in [7, 11) is -5.55. The summed E-state index contributed by atoms with van der Waals surface area (Å²) in [4.78, 5) is 0. The molecule has 0 saturated heterocycles. The number of para-hydroxylation sites is 1. The zero-order valence-corrected chi connectivity index (χ0v) is 18.1. The Morgan fingerprint density at radius 2 is 1.55 bits per heavy atom. The van der Waals surface area contributed by atoms with Gasteiger partial charge in [-0.05, 0) is 61.5 Å². The molecule has 1 aliphatic carbocycles. The molecule has 0 unspecified atom stereocenters. The van der Waals surface area contributed by atoms with E-state index in [9.17, 15) is 21.6 Å². The Bertz CT molecular complexity index is 1140. The summed E-state index contributed by atoms with van der Waals surface area (Å²) in [6.07, 6.45) is 6.47. The summed E-state index contributed by atoms with van der Waals surface area (Å²) < 4.78 is 66.6. The van der Waals surface area contributed by atoms with E-state index in [1.165, 1.54) is 6.07 Å². The number of benzene rings is 2. The molecule has 2 aliphatic rings. The van der Waals surface area contributed by atoms with Crippen LogP contribution in [-0.4, -0.2) is 20.5 Å². The molecule has 1 aliphatic heterocycles. The van der Waals surface area contributed by atoms with Crippen molar-refractivity contribution >= 4 is 21.3 Å². The van der Waals surface area contributed by atoms with Crippen molar-refractivity contribution in [3.63, 3.8) is 0 Å². The lowest BCUT2D eigenvalue weighted by atomic mass is 9.89. The van der Waals surface area contributed by atoms with Crippen LogP contribution in [0.4, 0.5) is 18.9 Å². The zero-order chi connectivity index (χ0) is 22.2. The monoisotopic (exact) mass is 447 g/mol. The Kier molecular flexibility index (Phi) is 5.73. The topological polar surface area (TPSA) is 37.4 Å². The summed E-state index contributed by atoms with van der Waals surface area (Å²) in [5, 5.41) is 0. The quantitative estimate of drug-likeness (QED) is 0.537. The van der Waals surface area contributed by atoms with Gasteiger partial charge in [0.05, 0.1) is 12.2 Å². The molecule has 0 amide bonds. The Morgan fingerprint density at radius 1 is 0.903 bits per heavy atom. The van der Waals surface area contributed by atoms with Gasteiger partial charge in [-0.15, -0.1) is 0 Å². The molecule has 2 aromatic carbocycles. The van der Waals surface area contributed by atoms with Crippen LogP contribution in [0.2, 0.25) is 0 Å². The number of hydrogen-bond donors (Lipinski definition) is 0. The molecule has 0 aromatic heterocycles. The average molecular weight is 448 g/mol. The van der Waals surface area contributed by atoms with Crippen molar-refractivity contribution in [2.45, 2.75) is 44.5 Å². The van der Waals surface area contributed by atoms with Crippen LogP contribution in [0, 0.1) is 6.92 Å². The van der Waals surface area contributed by atoms with Crippen LogP contribution in [0.5, 0.6) is 0 Å². The maximum Gasteiger partial charge on any atom is 0.516 e. The first-order valence-corrected chi connectivity index (χ1v) is 11.8. The fourth-order valence-corrected chi connectivity index (χ4v) is 5.26. The lowest BCUT2D eigenvalue weighted by molar-refractivity contribution is -0.0437. The van der Waals surface area contributed by atoms with E-state index in [0.717, 1.165) is 54.4 Å². The molecule has 31 heavy (non-hydrogen) atoms. The molecule has 0 bridgehead atoms. The second kappa shape index (κ2) is 8.19. The highest BCUT2D eigenvalue weighted by atomic mass is 32.2. The third kappa shape index (κ3) is 4.15. The number of nitrogens with zero attached hydrogens (tertiary/aromatic N) is 1. The third-order valence-electron chi connectivity index (χ3n) is 5.95. The van der Waals surface area contributed by atoms with E-state index in [1.807, 2.05) is 37.3 Å². The van der Waals surface area contributed by atoms with E-state index >= 15 is 0 Å². The van der Waals surface area contributed by atoms with Crippen LogP contribution in [0.1, 0.15) is 48.8 Å². The number of halogens is 3. The Balaban J connectivity index is 1.98. The second-order valence-corrected chi connectivity index (χ2v) is 9.94. The summed E-state index contributed by atoms with van der Waals surface area (Å²) in [5.41, 5.74) is -0.481. The minimum absolute atomic E-state index is 0.0538. The van der Waals surface area contributed by atoms with E-state index < -0.39 is 15.5 Å². The number of sulfonamides is 1. The number of fused-ring (bicyclic) bond motifs is 1. The maximum absolute atomic E-state index is 13.6. The third-order valence-corrected chi connectivity index (χ3v) is 7.44. The molecular weight excluding hydrogens is 423 g/mol. The predicted octanol–water partition coefficient (Wildman–Crippen LogP) is 6.36. The zero-order valence-electron chi connectivity index (χ0n) is 17.2. The molecule has 0 atom stereocenters. The molecule has 2 aromatic rings. The largest absolute Gasteiger partial charge is 0.516 e. The Morgan fingerprint density at radius 3 is 2.19 bits per heavy atom. The van der Waals surface area contributed by atoms with E-state index in [1.54, 1.807) is 18.2 Å².